The molecule has 2 aromatic carbocycles. The maximum absolute atomic E-state index is 12.5. The first kappa shape index (κ1) is 18.1. The third-order valence-corrected chi connectivity index (χ3v) is 7.51. The Labute approximate surface area is 178 Å². The third-order valence-electron chi connectivity index (χ3n) is 5.00. The van der Waals surface area contributed by atoms with Crippen LogP contribution >= 0.6 is 12.2 Å². The summed E-state index contributed by atoms with van der Waals surface area (Å²) in [4.78, 5) is 26.0. The van der Waals surface area contributed by atoms with Crippen molar-refractivity contribution in [1.29, 1.82) is 0 Å². The van der Waals surface area contributed by atoms with Gasteiger partial charge in [-0.2, -0.15) is 0 Å². The minimum absolute atomic E-state index is 0.0470. The van der Waals surface area contributed by atoms with Crippen LogP contribution in [0, 0.1) is 0 Å². The number of benzene rings is 2. The zero-order valence-corrected chi connectivity index (χ0v) is 17.9. The van der Waals surface area contributed by atoms with E-state index < -0.39 is 5.91 Å². The van der Waals surface area contributed by atoms with E-state index in [1.807, 2.05) is 18.2 Å². The molecule has 1 saturated heterocycles. The summed E-state index contributed by atoms with van der Waals surface area (Å²) >= 11 is 4.96. The number of likely N-dealkylation sites (N-methyl/N-ethyl adjacent to an activating group) is 1. The quantitative estimate of drug-likeness (QED) is 0.215. The van der Waals surface area contributed by atoms with E-state index >= 15 is 0 Å². The standard InChI is InChI=1S/C22H15N3O2SSe/c1-24-21(27)16(20(26)23-22(24)28)12-13-10-11-19(29-13)25-17-8-4-2-6-14(17)15-7-3-5-9-18(15)25/h2-12H,1H3,(H,23,26,28)/b16-12-. The maximum atomic E-state index is 12.5. The number of nitrogens with one attached hydrogen (secondary N) is 1. The first-order chi connectivity index (χ1) is 14.0. The molecule has 0 atom stereocenters. The molecule has 4 aromatic rings. The Bertz CT molecular complexity index is 1310. The molecule has 0 saturated carbocycles. The number of hydrogen-bond acceptors (Lipinski definition) is 3. The molecule has 0 unspecified atom stereocenters. The van der Waals surface area contributed by atoms with Crippen molar-refractivity contribution in [3.8, 4) is 4.56 Å². The normalized spacial score (nSPS) is 16.2. The van der Waals surface area contributed by atoms with Crippen LogP contribution in [-0.4, -0.2) is 47.9 Å². The molecule has 0 bridgehead atoms. The van der Waals surface area contributed by atoms with E-state index in [2.05, 4.69) is 52.3 Å². The van der Waals surface area contributed by atoms with Crippen molar-refractivity contribution in [2.45, 2.75) is 0 Å². The van der Waals surface area contributed by atoms with Gasteiger partial charge >= 0.3 is 178 Å². The predicted octanol–water partition coefficient (Wildman–Crippen LogP) is 3.10. The number of nitrogens with zero attached hydrogens (tertiary/aromatic N) is 2. The van der Waals surface area contributed by atoms with Crippen molar-refractivity contribution >= 4 is 71.5 Å². The van der Waals surface area contributed by atoms with Crippen LogP contribution < -0.4 is 5.32 Å². The second-order valence-corrected chi connectivity index (χ2v) is 9.41. The van der Waals surface area contributed by atoms with Gasteiger partial charge in [0.2, 0.25) is 0 Å². The van der Waals surface area contributed by atoms with Crippen LogP contribution in [-0.2, 0) is 9.59 Å². The summed E-state index contributed by atoms with van der Waals surface area (Å²) in [5.74, 6) is -0.819. The van der Waals surface area contributed by atoms with Gasteiger partial charge in [-0.1, -0.05) is 0 Å². The molecule has 3 heterocycles. The van der Waals surface area contributed by atoms with Crippen molar-refractivity contribution in [2.24, 2.45) is 0 Å². The molecule has 0 radical (unpaired) electrons. The van der Waals surface area contributed by atoms with Crippen molar-refractivity contribution in [3.63, 3.8) is 0 Å². The molecule has 29 heavy (non-hydrogen) atoms. The second-order valence-electron chi connectivity index (χ2n) is 6.73. The summed E-state index contributed by atoms with van der Waals surface area (Å²) in [5.41, 5.74) is 2.42. The molecule has 1 aliphatic rings. The van der Waals surface area contributed by atoms with Gasteiger partial charge in [-0.05, 0) is 0 Å². The van der Waals surface area contributed by atoms with Gasteiger partial charge < -0.3 is 0 Å². The summed E-state index contributed by atoms with van der Waals surface area (Å²) in [5, 5.41) is 5.11. The average molecular weight is 464 g/mol. The van der Waals surface area contributed by atoms with Crippen LogP contribution in [0.4, 0.5) is 0 Å². The van der Waals surface area contributed by atoms with E-state index in [0.29, 0.717) is 0 Å². The molecule has 1 N–H and O–H groups in total. The fourth-order valence-electron chi connectivity index (χ4n) is 3.59. The molecule has 0 aliphatic carbocycles. The van der Waals surface area contributed by atoms with E-state index in [0.717, 1.165) is 20.0 Å². The zero-order chi connectivity index (χ0) is 20.1. The number of amides is 2. The monoisotopic (exact) mass is 465 g/mol. The number of carbonyl (C=O) groups is 2. The van der Waals surface area contributed by atoms with Gasteiger partial charge in [0.1, 0.15) is 0 Å². The molecule has 5 nitrogen and oxygen atoms in total. The average Bonchev–Trinajstić information content (AvgIpc) is 3.31. The molecular formula is C22H15N3O2SSe. The van der Waals surface area contributed by atoms with E-state index in [1.54, 1.807) is 13.1 Å². The summed E-state index contributed by atoms with van der Waals surface area (Å²) in [7, 11) is 1.56. The van der Waals surface area contributed by atoms with Gasteiger partial charge in [0.25, 0.3) is 0 Å². The zero-order valence-electron chi connectivity index (χ0n) is 15.4. The SMILES string of the molecule is CN1C(=O)/C(=C\c2ccc(-n3c4ccccc4c4ccccc43)[se]2)C(=O)NC1=S. The topological polar surface area (TPSA) is 54.3 Å². The molecule has 5 rings (SSSR count). The second kappa shape index (κ2) is 6.81. The Morgan fingerprint density at radius 3 is 2.21 bits per heavy atom. The number of rotatable bonds is 2. The molecule has 1 fully saturated rings. The number of aromatic nitrogens is 1. The molecule has 142 valence electrons. The first-order valence-electron chi connectivity index (χ1n) is 8.98. The first-order valence-corrected chi connectivity index (χ1v) is 11.1. The Kier molecular flexibility index (Phi) is 4.24. The Morgan fingerprint density at radius 1 is 0.931 bits per heavy atom. The summed E-state index contributed by atoms with van der Waals surface area (Å²) in [6, 6.07) is 20.8. The van der Waals surface area contributed by atoms with E-state index in [1.165, 1.54) is 15.7 Å². The number of carbonyl (C=O) groups excluding carboxylic acids is 2. The molecule has 1 aliphatic heterocycles. The third kappa shape index (κ3) is 2.86. The molecule has 2 amide bonds. The van der Waals surface area contributed by atoms with E-state index in [-0.39, 0.29) is 31.1 Å². The minimum atomic E-state index is -0.444. The van der Waals surface area contributed by atoms with Crippen LogP contribution in [0.15, 0.2) is 66.2 Å². The van der Waals surface area contributed by atoms with Gasteiger partial charge in [-0.25, -0.2) is 0 Å². The molecule has 7 heteroatoms. The van der Waals surface area contributed by atoms with Crippen LogP contribution in [0.5, 0.6) is 0 Å². The van der Waals surface area contributed by atoms with Gasteiger partial charge in [0, 0.05) is 0 Å². The van der Waals surface area contributed by atoms with Crippen LogP contribution in [0.1, 0.15) is 4.44 Å². The van der Waals surface area contributed by atoms with Gasteiger partial charge in [-0.3, -0.25) is 0 Å². The van der Waals surface area contributed by atoms with Gasteiger partial charge in [-0.15, -0.1) is 0 Å². The number of hydrogen-bond donors (Lipinski definition) is 1. The fraction of sp³-hybridized carbons (Fsp3) is 0.0455. The van der Waals surface area contributed by atoms with Crippen molar-refractivity contribution in [3.05, 3.63) is 70.7 Å². The summed E-state index contributed by atoms with van der Waals surface area (Å²) in [6.45, 7) is 0. The van der Waals surface area contributed by atoms with Crippen LogP contribution in [0.3, 0.4) is 0 Å². The van der Waals surface area contributed by atoms with Gasteiger partial charge in [0.15, 0.2) is 0 Å². The van der Waals surface area contributed by atoms with Crippen LogP contribution in [0.25, 0.3) is 32.4 Å². The number of fused-ring (bicyclic) bond motifs is 3. The molecule has 0 spiro atoms. The fourth-order valence-corrected chi connectivity index (χ4v) is 5.82. The molecule has 2 aromatic heterocycles. The summed E-state index contributed by atoms with van der Waals surface area (Å²) < 4.78 is 4.40. The predicted molar refractivity (Wildman–Crippen MR) is 119 cm³/mol. The number of thiocarbonyl (C=S) groups is 1. The number of para-hydroxylation sites is 2. The van der Waals surface area contributed by atoms with Crippen LogP contribution in [0.2, 0.25) is 0 Å². The van der Waals surface area contributed by atoms with Crippen molar-refractivity contribution in [1.82, 2.24) is 14.8 Å². The summed E-state index contributed by atoms with van der Waals surface area (Å²) in [6.07, 6.45) is 1.69. The molecular weight excluding hydrogens is 449 g/mol. The van der Waals surface area contributed by atoms with Crippen molar-refractivity contribution < 1.29 is 9.59 Å². The van der Waals surface area contributed by atoms with Crippen molar-refractivity contribution in [2.75, 3.05) is 7.05 Å². The Balaban J connectivity index is 1.64. The van der Waals surface area contributed by atoms with E-state index in [9.17, 15) is 9.59 Å². The Hall–Kier alpha value is -2.99. The van der Waals surface area contributed by atoms with Gasteiger partial charge in [0.05, 0.1) is 0 Å². The Morgan fingerprint density at radius 2 is 1.55 bits per heavy atom. The van der Waals surface area contributed by atoms with E-state index in [4.69, 9.17) is 12.2 Å².